The lowest BCUT2D eigenvalue weighted by atomic mass is 10.2. The van der Waals surface area contributed by atoms with Crippen LogP contribution in [0.25, 0.3) is 10.8 Å². The molecule has 2 aromatic heterocycles. The molecule has 0 spiro atoms. The normalized spacial score (nSPS) is 11.7. The average molecular weight is 394 g/mol. The topological polar surface area (TPSA) is 95.1 Å². The van der Waals surface area contributed by atoms with Crippen LogP contribution in [0.5, 0.6) is 0 Å². The predicted octanol–water partition coefficient (Wildman–Crippen LogP) is 1.85. The van der Waals surface area contributed by atoms with E-state index in [1.54, 1.807) is 29.1 Å². The second-order valence-electron chi connectivity index (χ2n) is 5.06. The zero-order valence-corrected chi connectivity index (χ0v) is 14.2. The summed E-state index contributed by atoms with van der Waals surface area (Å²) in [5.41, 5.74) is 0.643. The van der Waals surface area contributed by atoms with Crippen molar-refractivity contribution in [2.45, 2.75) is 11.4 Å². The Kier molecular flexibility index (Phi) is 4.05. The lowest BCUT2D eigenvalue weighted by Gasteiger charge is -2.08. The number of rotatable bonds is 3. The number of pyridine rings is 2. The molecule has 0 aliphatic heterocycles. The third kappa shape index (κ3) is 3.49. The van der Waals surface area contributed by atoms with Crippen molar-refractivity contribution in [1.29, 1.82) is 0 Å². The third-order valence-corrected chi connectivity index (χ3v) is 4.76. The van der Waals surface area contributed by atoms with Crippen LogP contribution in [0.2, 0.25) is 0 Å². The highest BCUT2D eigenvalue weighted by molar-refractivity contribution is 9.10. The number of nitrogens with two attached hydrogens (primary N) is 1. The van der Waals surface area contributed by atoms with Crippen molar-refractivity contribution in [3.8, 4) is 0 Å². The zero-order chi connectivity index (χ0) is 16.6. The van der Waals surface area contributed by atoms with Crippen molar-refractivity contribution < 1.29 is 8.42 Å². The van der Waals surface area contributed by atoms with Gasteiger partial charge in [0.1, 0.15) is 4.60 Å². The fourth-order valence-electron chi connectivity index (χ4n) is 2.24. The Labute approximate surface area is 140 Å². The highest BCUT2D eigenvalue weighted by atomic mass is 79.9. The van der Waals surface area contributed by atoms with E-state index in [1.807, 2.05) is 6.07 Å². The van der Waals surface area contributed by atoms with Gasteiger partial charge in [-0.15, -0.1) is 0 Å². The van der Waals surface area contributed by atoms with Crippen LogP contribution in [-0.2, 0) is 16.6 Å². The van der Waals surface area contributed by atoms with Crippen LogP contribution in [0.15, 0.2) is 63.1 Å². The monoisotopic (exact) mass is 393 g/mol. The summed E-state index contributed by atoms with van der Waals surface area (Å²) in [6.45, 7) is 0.333. The number of hydrogen-bond donors (Lipinski definition) is 1. The van der Waals surface area contributed by atoms with Crippen molar-refractivity contribution in [3.63, 3.8) is 0 Å². The van der Waals surface area contributed by atoms with Crippen molar-refractivity contribution in [2.24, 2.45) is 5.14 Å². The summed E-state index contributed by atoms with van der Waals surface area (Å²) in [5.74, 6) is 0. The molecular weight excluding hydrogens is 382 g/mol. The van der Waals surface area contributed by atoms with E-state index in [0.717, 1.165) is 16.3 Å². The number of nitrogens with zero attached hydrogens (tertiary/aromatic N) is 2. The SMILES string of the molecule is NS(=O)(=O)c1ccc(Cn2cc3cc(Br)ncc3cc2=O)cc1. The number of primary sulfonamides is 1. The minimum absolute atomic E-state index is 0.0436. The zero-order valence-electron chi connectivity index (χ0n) is 11.8. The maximum atomic E-state index is 12.2. The molecule has 0 bridgehead atoms. The molecule has 0 atom stereocenters. The van der Waals surface area contributed by atoms with Gasteiger partial charge in [-0.05, 0) is 39.7 Å². The molecule has 0 fully saturated rings. The summed E-state index contributed by atoms with van der Waals surface area (Å²) in [6.07, 6.45) is 3.38. The first-order valence-corrected chi connectivity index (χ1v) is 8.94. The number of halogens is 1. The number of sulfonamides is 1. The van der Waals surface area contributed by atoms with Gasteiger partial charge in [0.25, 0.3) is 5.56 Å². The van der Waals surface area contributed by atoms with E-state index in [4.69, 9.17) is 5.14 Å². The summed E-state index contributed by atoms with van der Waals surface area (Å²) in [6, 6.07) is 9.48. The molecule has 0 aliphatic rings. The smallest absolute Gasteiger partial charge is 0.251 e. The first-order valence-electron chi connectivity index (χ1n) is 6.60. The molecule has 118 valence electrons. The van der Waals surface area contributed by atoms with E-state index < -0.39 is 10.0 Å². The number of fused-ring (bicyclic) bond motifs is 1. The molecule has 0 aliphatic carbocycles. The third-order valence-electron chi connectivity index (χ3n) is 3.40. The van der Waals surface area contributed by atoms with Gasteiger partial charge in [-0.1, -0.05) is 12.1 Å². The van der Waals surface area contributed by atoms with E-state index >= 15 is 0 Å². The van der Waals surface area contributed by atoms with Crippen LogP contribution in [0, 0.1) is 0 Å². The van der Waals surface area contributed by atoms with Crippen LogP contribution in [0.3, 0.4) is 0 Å². The summed E-state index contributed by atoms with van der Waals surface area (Å²) in [4.78, 5) is 16.3. The van der Waals surface area contributed by atoms with Gasteiger partial charge in [0.05, 0.1) is 11.4 Å². The first kappa shape index (κ1) is 15.9. The quantitative estimate of drug-likeness (QED) is 0.686. The van der Waals surface area contributed by atoms with Crippen LogP contribution in [0.1, 0.15) is 5.56 Å². The first-order chi connectivity index (χ1) is 10.8. The molecule has 0 unspecified atom stereocenters. The van der Waals surface area contributed by atoms with Gasteiger partial charge in [0.15, 0.2) is 0 Å². The van der Waals surface area contributed by atoms with Crippen molar-refractivity contribution >= 4 is 36.7 Å². The largest absolute Gasteiger partial charge is 0.310 e. The Morgan fingerprint density at radius 3 is 2.48 bits per heavy atom. The molecule has 2 N–H and O–H groups in total. The standard InChI is InChI=1S/C15H12BrN3O3S/c16-14-5-12-9-19(15(20)6-11(12)7-18-14)8-10-1-3-13(4-2-10)23(17,21)22/h1-7,9H,8H2,(H2,17,21,22). The maximum absolute atomic E-state index is 12.2. The van der Waals surface area contributed by atoms with Gasteiger partial charge in [-0.25, -0.2) is 18.5 Å². The maximum Gasteiger partial charge on any atom is 0.251 e. The average Bonchev–Trinajstić information content (AvgIpc) is 2.48. The molecule has 3 aromatic rings. The molecule has 2 heterocycles. The number of benzene rings is 1. The Balaban J connectivity index is 1.98. The molecule has 23 heavy (non-hydrogen) atoms. The summed E-state index contributed by atoms with van der Waals surface area (Å²) in [5, 5.41) is 6.71. The van der Waals surface area contributed by atoms with Crippen molar-refractivity contribution in [3.05, 3.63) is 69.3 Å². The summed E-state index contributed by atoms with van der Waals surface area (Å²) in [7, 11) is -3.71. The van der Waals surface area contributed by atoms with Gasteiger partial charge in [0.2, 0.25) is 10.0 Å². The van der Waals surface area contributed by atoms with Crippen molar-refractivity contribution in [1.82, 2.24) is 9.55 Å². The van der Waals surface area contributed by atoms with Gasteiger partial charge < -0.3 is 4.57 Å². The van der Waals surface area contributed by atoms with E-state index in [2.05, 4.69) is 20.9 Å². The molecule has 1 aromatic carbocycles. The molecule has 8 heteroatoms. The van der Waals surface area contributed by atoms with Crippen LogP contribution in [-0.4, -0.2) is 18.0 Å². The van der Waals surface area contributed by atoms with E-state index in [9.17, 15) is 13.2 Å². The Morgan fingerprint density at radius 2 is 1.83 bits per heavy atom. The fourth-order valence-corrected chi connectivity index (χ4v) is 3.10. The highest BCUT2D eigenvalue weighted by Gasteiger charge is 2.07. The number of aromatic nitrogens is 2. The van der Waals surface area contributed by atoms with E-state index in [-0.39, 0.29) is 10.5 Å². The lowest BCUT2D eigenvalue weighted by Crippen LogP contribution is -2.19. The molecule has 6 nitrogen and oxygen atoms in total. The van der Waals surface area contributed by atoms with Crippen LogP contribution < -0.4 is 10.7 Å². The molecule has 0 saturated heterocycles. The molecular formula is C15H12BrN3O3S. The van der Waals surface area contributed by atoms with Crippen LogP contribution in [0.4, 0.5) is 0 Å². The highest BCUT2D eigenvalue weighted by Crippen LogP contribution is 2.16. The van der Waals surface area contributed by atoms with Gasteiger partial charge in [-0.3, -0.25) is 4.79 Å². The van der Waals surface area contributed by atoms with Crippen molar-refractivity contribution in [2.75, 3.05) is 0 Å². The van der Waals surface area contributed by atoms with E-state index in [1.165, 1.54) is 18.2 Å². The van der Waals surface area contributed by atoms with Crippen LogP contribution >= 0.6 is 15.9 Å². The molecule has 0 amide bonds. The fraction of sp³-hybridized carbons (Fsp3) is 0.0667. The minimum Gasteiger partial charge on any atom is -0.310 e. The van der Waals surface area contributed by atoms with E-state index in [0.29, 0.717) is 11.1 Å². The Bertz CT molecular complexity index is 1040. The Morgan fingerprint density at radius 1 is 1.13 bits per heavy atom. The van der Waals surface area contributed by atoms with Gasteiger partial charge in [-0.2, -0.15) is 0 Å². The Hall–Kier alpha value is -2.03. The molecule has 0 radical (unpaired) electrons. The predicted molar refractivity (Wildman–Crippen MR) is 90.6 cm³/mol. The summed E-state index contributed by atoms with van der Waals surface area (Å²) < 4.78 is 24.7. The minimum atomic E-state index is -3.71. The second kappa shape index (κ2) is 5.88. The molecule has 3 rings (SSSR count). The molecule has 0 saturated carbocycles. The van der Waals surface area contributed by atoms with Gasteiger partial charge in [0, 0.05) is 29.2 Å². The summed E-state index contributed by atoms with van der Waals surface area (Å²) >= 11 is 3.30. The lowest BCUT2D eigenvalue weighted by molar-refractivity contribution is 0.597. The number of hydrogen-bond acceptors (Lipinski definition) is 4. The van der Waals surface area contributed by atoms with Gasteiger partial charge >= 0.3 is 0 Å². The second-order valence-corrected chi connectivity index (χ2v) is 7.44.